The van der Waals surface area contributed by atoms with Crippen LogP contribution >= 0.6 is 0 Å². The molecule has 0 nitrogen and oxygen atoms in total. The summed E-state index contributed by atoms with van der Waals surface area (Å²) in [5, 5.41) is 0. The normalized spacial score (nSPS) is 37.7. The third kappa shape index (κ3) is 0.650. The van der Waals surface area contributed by atoms with Gasteiger partial charge in [0.2, 0.25) is 0 Å². The molecule has 1 aliphatic carbocycles. The highest BCUT2D eigenvalue weighted by molar-refractivity contribution is 5.00. The van der Waals surface area contributed by atoms with Gasteiger partial charge in [0.05, 0.1) is 0 Å². The second-order valence-electron chi connectivity index (χ2n) is 2.43. The Bertz CT molecular complexity index is 129. The minimum atomic E-state index is -3.76. The molecule has 1 atom stereocenters. The predicted molar refractivity (Wildman–Crippen MR) is 23.7 cm³/mol. The Hall–Kier alpha value is -0.280. The van der Waals surface area contributed by atoms with Gasteiger partial charge >= 0.3 is 11.8 Å². The number of hydrogen-bond donors (Lipinski definition) is 0. The summed E-state index contributed by atoms with van der Waals surface area (Å²) in [7, 11) is 0. The van der Waals surface area contributed by atoms with E-state index in [0.29, 0.717) is 0 Å². The van der Waals surface area contributed by atoms with Crippen LogP contribution < -0.4 is 0 Å². The molecular formula is C5H6F4. The number of halogens is 4. The third-order valence-electron chi connectivity index (χ3n) is 1.67. The summed E-state index contributed by atoms with van der Waals surface area (Å²) in [4.78, 5) is 0. The van der Waals surface area contributed by atoms with Gasteiger partial charge in [-0.2, -0.15) is 17.6 Å². The van der Waals surface area contributed by atoms with E-state index in [9.17, 15) is 17.6 Å². The van der Waals surface area contributed by atoms with E-state index in [-0.39, 0.29) is 0 Å². The summed E-state index contributed by atoms with van der Waals surface area (Å²) in [6.45, 7) is 1.12. The first-order chi connectivity index (χ1) is 3.88. The van der Waals surface area contributed by atoms with Crippen LogP contribution in [-0.4, -0.2) is 11.8 Å². The standard InChI is InChI=1S/C5H6F4/c1-3-2-4(6,7)5(3,8)9/h3H,2H2,1H3/t3-/m1/s1. The monoisotopic (exact) mass is 142 g/mol. The van der Waals surface area contributed by atoms with Gasteiger partial charge in [0.25, 0.3) is 0 Å². The molecule has 1 aliphatic rings. The Labute approximate surface area is 49.9 Å². The van der Waals surface area contributed by atoms with Gasteiger partial charge in [-0.15, -0.1) is 0 Å². The van der Waals surface area contributed by atoms with Crippen LogP contribution in [0.4, 0.5) is 17.6 Å². The lowest BCUT2D eigenvalue weighted by molar-refractivity contribution is -0.309. The van der Waals surface area contributed by atoms with Crippen LogP contribution in [0.2, 0.25) is 0 Å². The molecule has 0 aromatic carbocycles. The Kier molecular flexibility index (Phi) is 1.07. The first kappa shape index (κ1) is 6.83. The SMILES string of the molecule is C[C@@H]1CC(F)(F)C1(F)F. The molecule has 0 amide bonds. The topological polar surface area (TPSA) is 0 Å². The molecule has 9 heavy (non-hydrogen) atoms. The molecule has 0 bridgehead atoms. The summed E-state index contributed by atoms with van der Waals surface area (Å²) in [5.41, 5.74) is 0. The third-order valence-corrected chi connectivity index (χ3v) is 1.67. The van der Waals surface area contributed by atoms with Crippen molar-refractivity contribution in [2.24, 2.45) is 5.92 Å². The van der Waals surface area contributed by atoms with Gasteiger partial charge in [0.1, 0.15) is 0 Å². The van der Waals surface area contributed by atoms with Crippen LogP contribution in [0.3, 0.4) is 0 Å². The minimum absolute atomic E-state index is 0.681. The highest BCUT2D eigenvalue weighted by Crippen LogP contribution is 2.54. The molecule has 0 aliphatic heterocycles. The van der Waals surface area contributed by atoms with E-state index < -0.39 is 24.2 Å². The zero-order valence-corrected chi connectivity index (χ0v) is 4.80. The van der Waals surface area contributed by atoms with E-state index in [4.69, 9.17) is 0 Å². The number of rotatable bonds is 0. The summed E-state index contributed by atoms with van der Waals surface area (Å²) in [5.74, 6) is -8.66. The smallest absolute Gasteiger partial charge is 0.200 e. The molecule has 0 spiro atoms. The van der Waals surface area contributed by atoms with Crippen molar-refractivity contribution in [2.45, 2.75) is 25.2 Å². The molecular weight excluding hydrogens is 136 g/mol. The van der Waals surface area contributed by atoms with Crippen LogP contribution in [0.25, 0.3) is 0 Å². The fourth-order valence-corrected chi connectivity index (χ4v) is 0.878. The van der Waals surface area contributed by atoms with Crippen molar-refractivity contribution in [1.29, 1.82) is 0 Å². The fourth-order valence-electron chi connectivity index (χ4n) is 0.878. The second kappa shape index (κ2) is 1.41. The Morgan fingerprint density at radius 1 is 1.22 bits per heavy atom. The first-order valence-electron chi connectivity index (χ1n) is 2.63. The zero-order chi connectivity index (χ0) is 7.28. The summed E-state index contributed by atoms with van der Waals surface area (Å²) in [6, 6.07) is 0. The van der Waals surface area contributed by atoms with Gasteiger partial charge in [-0.25, -0.2) is 0 Å². The van der Waals surface area contributed by atoms with Crippen molar-refractivity contribution in [2.75, 3.05) is 0 Å². The summed E-state index contributed by atoms with van der Waals surface area (Å²) in [6.07, 6.45) is -0.681. The molecule has 0 saturated heterocycles. The molecule has 0 heterocycles. The molecule has 0 aromatic rings. The van der Waals surface area contributed by atoms with Gasteiger partial charge < -0.3 is 0 Å². The maximum atomic E-state index is 12.0. The van der Waals surface area contributed by atoms with Crippen LogP contribution in [0.15, 0.2) is 0 Å². The highest BCUT2D eigenvalue weighted by atomic mass is 19.3. The Morgan fingerprint density at radius 2 is 1.67 bits per heavy atom. The molecule has 54 valence electrons. The molecule has 0 unspecified atom stereocenters. The summed E-state index contributed by atoms with van der Waals surface area (Å²) >= 11 is 0. The molecule has 1 fully saturated rings. The van der Waals surface area contributed by atoms with E-state index >= 15 is 0 Å². The van der Waals surface area contributed by atoms with Crippen molar-refractivity contribution in [3.63, 3.8) is 0 Å². The van der Waals surface area contributed by atoms with E-state index in [2.05, 4.69) is 0 Å². The largest absolute Gasteiger partial charge is 0.312 e. The van der Waals surface area contributed by atoms with Gasteiger partial charge in [-0.3, -0.25) is 0 Å². The minimum Gasteiger partial charge on any atom is -0.200 e. The molecule has 0 aromatic heterocycles. The quantitative estimate of drug-likeness (QED) is 0.455. The molecule has 1 rings (SSSR count). The first-order valence-corrected chi connectivity index (χ1v) is 2.63. The predicted octanol–water partition coefficient (Wildman–Crippen LogP) is 2.30. The van der Waals surface area contributed by atoms with Crippen LogP contribution in [0, 0.1) is 5.92 Å². The van der Waals surface area contributed by atoms with Crippen molar-refractivity contribution in [3.05, 3.63) is 0 Å². The van der Waals surface area contributed by atoms with E-state index in [1.54, 1.807) is 0 Å². The number of hydrogen-bond acceptors (Lipinski definition) is 0. The Morgan fingerprint density at radius 3 is 1.67 bits per heavy atom. The fraction of sp³-hybridized carbons (Fsp3) is 1.00. The average Bonchev–Trinajstić information content (AvgIpc) is 1.65. The maximum Gasteiger partial charge on any atom is 0.312 e. The average molecular weight is 142 g/mol. The van der Waals surface area contributed by atoms with Gasteiger partial charge in [-0.05, 0) is 0 Å². The van der Waals surface area contributed by atoms with Crippen molar-refractivity contribution < 1.29 is 17.6 Å². The van der Waals surface area contributed by atoms with E-state index in [1.165, 1.54) is 0 Å². The zero-order valence-electron chi connectivity index (χ0n) is 4.80. The lowest BCUT2D eigenvalue weighted by Gasteiger charge is -2.41. The van der Waals surface area contributed by atoms with Crippen molar-refractivity contribution >= 4 is 0 Å². The molecule has 4 heteroatoms. The highest BCUT2D eigenvalue weighted by Gasteiger charge is 2.69. The summed E-state index contributed by atoms with van der Waals surface area (Å²) < 4.78 is 47.6. The van der Waals surface area contributed by atoms with E-state index in [1.807, 2.05) is 0 Å². The molecule has 1 saturated carbocycles. The molecule has 0 radical (unpaired) electrons. The lowest BCUT2D eigenvalue weighted by Crippen LogP contribution is -2.57. The van der Waals surface area contributed by atoms with Crippen LogP contribution in [0.1, 0.15) is 13.3 Å². The van der Waals surface area contributed by atoms with Crippen molar-refractivity contribution in [3.8, 4) is 0 Å². The van der Waals surface area contributed by atoms with E-state index in [0.717, 1.165) is 6.92 Å². The van der Waals surface area contributed by atoms with Gasteiger partial charge in [-0.1, -0.05) is 6.92 Å². The van der Waals surface area contributed by atoms with Crippen LogP contribution in [-0.2, 0) is 0 Å². The number of alkyl halides is 4. The van der Waals surface area contributed by atoms with Gasteiger partial charge in [0.15, 0.2) is 0 Å². The Balaban J connectivity index is 2.70. The van der Waals surface area contributed by atoms with Gasteiger partial charge in [0, 0.05) is 12.3 Å². The maximum absolute atomic E-state index is 12.0. The molecule has 0 N–H and O–H groups in total. The van der Waals surface area contributed by atoms with Crippen LogP contribution in [0.5, 0.6) is 0 Å². The lowest BCUT2D eigenvalue weighted by atomic mass is 9.78. The van der Waals surface area contributed by atoms with Crippen molar-refractivity contribution in [1.82, 2.24) is 0 Å². The second-order valence-corrected chi connectivity index (χ2v) is 2.43.